The number of anilines is 2. The fraction of sp³-hybridized carbons (Fsp3) is 0.429. The Balaban J connectivity index is 1.54. The van der Waals surface area contributed by atoms with Crippen molar-refractivity contribution < 1.29 is 17.9 Å². The van der Waals surface area contributed by atoms with Crippen LogP contribution in [0, 0.1) is 0 Å². The molecular formula is C28H32F3N5OS. The maximum atomic E-state index is 13.3. The van der Waals surface area contributed by atoms with Crippen LogP contribution in [0.4, 0.5) is 24.7 Å². The number of aromatic nitrogens is 3. The van der Waals surface area contributed by atoms with Crippen LogP contribution in [0.1, 0.15) is 70.4 Å². The van der Waals surface area contributed by atoms with Crippen LogP contribution >= 0.6 is 11.3 Å². The average Bonchev–Trinajstić information content (AvgIpc) is 3.50. The molecule has 202 valence electrons. The molecule has 0 amide bonds. The van der Waals surface area contributed by atoms with E-state index >= 15 is 0 Å². The zero-order chi connectivity index (χ0) is 27.1. The molecule has 3 aromatic heterocycles. The number of nitrogens with zero attached hydrogens (tertiary/aromatic N) is 3. The molecule has 5 rings (SSSR count). The first-order valence-corrected chi connectivity index (χ1v) is 13.6. The summed E-state index contributed by atoms with van der Waals surface area (Å²) in [5.74, 6) is 0.692. The lowest BCUT2D eigenvalue weighted by molar-refractivity contribution is -0.137. The molecule has 0 spiro atoms. The van der Waals surface area contributed by atoms with Gasteiger partial charge in [0.2, 0.25) is 0 Å². The van der Waals surface area contributed by atoms with Crippen molar-refractivity contribution in [3.05, 3.63) is 59.8 Å². The minimum Gasteiger partial charge on any atom is -0.377 e. The number of ether oxygens (including phenoxy) is 1. The van der Waals surface area contributed by atoms with Crippen molar-refractivity contribution in [1.82, 2.24) is 14.8 Å². The van der Waals surface area contributed by atoms with Crippen LogP contribution < -0.4 is 10.6 Å². The molecule has 1 unspecified atom stereocenters. The van der Waals surface area contributed by atoms with Gasteiger partial charge in [0.25, 0.3) is 0 Å². The molecule has 10 heteroatoms. The first-order chi connectivity index (χ1) is 18.0. The summed E-state index contributed by atoms with van der Waals surface area (Å²) >= 11 is 1.58. The largest absolute Gasteiger partial charge is 0.416 e. The van der Waals surface area contributed by atoms with Gasteiger partial charge in [-0.1, -0.05) is 12.1 Å². The van der Waals surface area contributed by atoms with E-state index in [0.29, 0.717) is 11.4 Å². The molecule has 4 heterocycles. The lowest BCUT2D eigenvalue weighted by Crippen LogP contribution is -2.26. The zero-order valence-electron chi connectivity index (χ0n) is 21.9. The molecule has 0 radical (unpaired) electrons. The molecule has 1 saturated heterocycles. The first-order valence-electron chi connectivity index (χ1n) is 12.8. The third kappa shape index (κ3) is 5.81. The molecule has 4 aromatic rings. The first kappa shape index (κ1) is 26.5. The van der Waals surface area contributed by atoms with Crippen LogP contribution in [0.5, 0.6) is 0 Å². The van der Waals surface area contributed by atoms with Crippen LogP contribution in [0.15, 0.2) is 48.7 Å². The van der Waals surface area contributed by atoms with E-state index in [4.69, 9.17) is 9.72 Å². The summed E-state index contributed by atoms with van der Waals surface area (Å²) in [4.78, 5) is 5.87. The second kappa shape index (κ2) is 10.2. The molecular weight excluding hydrogens is 511 g/mol. The minimum atomic E-state index is -4.39. The van der Waals surface area contributed by atoms with Crippen molar-refractivity contribution in [2.45, 2.75) is 70.9 Å². The van der Waals surface area contributed by atoms with Crippen molar-refractivity contribution in [2.24, 2.45) is 0 Å². The van der Waals surface area contributed by atoms with Crippen molar-refractivity contribution in [1.29, 1.82) is 0 Å². The number of alkyl halides is 3. The van der Waals surface area contributed by atoms with Crippen LogP contribution in [0.2, 0.25) is 0 Å². The maximum absolute atomic E-state index is 13.3. The normalized spacial score (nSPS) is 17.5. The van der Waals surface area contributed by atoms with Gasteiger partial charge in [-0.15, -0.1) is 11.3 Å². The van der Waals surface area contributed by atoms with Crippen LogP contribution in [0.25, 0.3) is 20.8 Å². The molecule has 6 nitrogen and oxygen atoms in total. The standard InChI is InChI=1S/C28H32F3N5OS/c1-17(18-8-7-9-19(14-18)28(29,30)31)33-21-16-24(35-27(2,3)4)34-20-15-23(38-26(20)21)22-11-12-32-36(22)25-10-5-6-13-37-25/h7-9,11-12,14-17,25H,5-6,10,13H2,1-4H3,(H2,33,34,35)/t17-,25?/m0/s1. The number of nitrogens with one attached hydrogen (secondary N) is 2. The van der Waals surface area contributed by atoms with Gasteiger partial charge in [-0.3, -0.25) is 0 Å². The highest BCUT2D eigenvalue weighted by Crippen LogP contribution is 2.41. The van der Waals surface area contributed by atoms with Crippen molar-refractivity contribution >= 4 is 33.1 Å². The van der Waals surface area contributed by atoms with Gasteiger partial charge in [0.05, 0.1) is 32.0 Å². The molecule has 1 fully saturated rings. The van der Waals surface area contributed by atoms with Gasteiger partial charge < -0.3 is 15.4 Å². The van der Waals surface area contributed by atoms with E-state index in [0.717, 1.165) is 58.4 Å². The number of hydrogen-bond donors (Lipinski definition) is 2. The highest BCUT2D eigenvalue weighted by atomic mass is 32.1. The second-order valence-electron chi connectivity index (χ2n) is 10.7. The van der Waals surface area contributed by atoms with Gasteiger partial charge in [0.1, 0.15) is 5.82 Å². The lowest BCUT2D eigenvalue weighted by atomic mass is 10.0. The summed E-state index contributed by atoms with van der Waals surface area (Å²) in [6.07, 6.45) is 0.371. The van der Waals surface area contributed by atoms with E-state index in [-0.39, 0.29) is 17.8 Å². The highest BCUT2D eigenvalue weighted by Gasteiger charge is 2.31. The summed E-state index contributed by atoms with van der Waals surface area (Å²) in [6.45, 7) is 8.75. The van der Waals surface area contributed by atoms with E-state index in [1.165, 1.54) is 12.1 Å². The second-order valence-corrected chi connectivity index (χ2v) is 11.8. The molecule has 0 bridgehead atoms. The molecule has 2 atom stereocenters. The Morgan fingerprint density at radius 2 is 1.92 bits per heavy atom. The molecule has 0 aliphatic carbocycles. The smallest absolute Gasteiger partial charge is 0.377 e. The summed E-state index contributed by atoms with van der Waals surface area (Å²) in [5.41, 5.74) is 2.25. The number of hydrogen-bond acceptors (Lipinski definition) is 6. The third-order valence-electron chi connectivity index (χ3n) is 6.42. The molecule has 38 heavy (non-hydrogen) atoms. The topological polar surface area (TPSA) is 64.0 Å². The Morgan fingerprint density at radius 3 is 2.63 bits per heavy atom. The van der Waals surface area contributed by atoms with Gasteiger partial charge in [-0.05, 0) is 76.8 Å². The summed E-state index contributed by atoms with van der Waals surface area (Å²) < 4.78 is 48.8. The average molecular weight is 544 g/mol. The quantitative estimate of drug-likeness (QED) is 0.256. The van der Waals surface area contributed by atoms with Gasteiger partial charge in [0, 0.05) is 30.5 Å². The van der Waals surface area contributed by atoms with Crippen molar-refractivity contribution in [2.75, 3.05) is 17.2 Å². The number of benzene rings is 1. The van der Waals surface area contributed by atoms with Crippen LogP contribution in [-0.2, 0) is 10.9 Å². The zero-order valence-corrected chi connectivity index (χ0v) is 22.7. The number of rotatable bonds is 6. The molecule has 1 aromatic carbocycles. The molecule has 2 N–H and O–H groups in total. The fourth-order valence-corrected chi connectivity index (χ4v) is 5.75. The summed E-state index contributed by atoms with van der Waals surface area (Å²) in [5, 5.41) is 11.4. The predicted molar refractivity (Wildman–Crippen MR) is 147 cm³/mol. The number of halogens is 3. The van der Waals surface area contributed by atoms with Gasteiger partial charge in [-0.25, -0.2) is 9.67 Å². The fourth-order valence-electron chi connectivity index (χ4n) is 4.66. The third-order valence-corrected chi connectivity index (χ3v) is 7.60. The van der Waals surface area contributed by atoms with Crippen molar-refractivity contribution in [3.8, 4) is 10.6 Å². The predicted octanol–water partition coefficient (Wildman–Crippen LogP) is 8.26. The summed E-state index contributed by atoms with van der Waals surface area (Å²) in [6, 6.07) is 11.0. The Kier molecular flexibility index (Phi) is 7.13. The monoisotopic (exact) mass is 543 g/mol. The maximum Gasteiger partial charge on any atom is 0.416 e. The minimum absolute atomic E-state index is 0.0939. The SMILES string of the molecule is C[C@H](Nc1cc(NC(C)(C)C)nc2cc(-c3ccnn3C3CCCCO3)sc12)c1cccc(C(F)(F)F)c1. The summed E-state index contributed by atoms with van der Waals surface area (Å²) in [7, 11) is 0. The Hall–Kier alpha value is -3.11. The van der Waals surface area contributed by atoms with E-state index in [2.05, 4.69) is 36.5 Å². The lowest BCUT2D eigenvalue weighted by Gasteiger charge is -2.24. The molecule has 0 saturated carbocycles. The van der Waals surface area contributed by atoms with Crippen LogP contribution in [-0.4, -0.2) is 26.9 Å². The Labute approximate surface area is 224 Å². The van der Waals surface area contributed by atoms with E-state index in [1.807, 2.05) is 29.8 Å². The molecule has 1 aliphatic rings. The highest BCUT2D eigenvalue weighted by molar-refractivity contribution is 7.22. The Morgan fingerprint density at radius 1 is 1.11 bits per heavy atom. The number of thiophene rings is 1. The van der Waals surface area contributed by atoms with Gasteiger partial charge in [-0.2, -0.15) is 18.3 Å². The van der Waals surface area contributed by atoms with Gasteiger partial charge in [0.15, 0.2) is 6.23 Å². The number of pyridine rings is 1. The van der Waals surface area contributed by atoms with E-state index < -0.39 is 11.7 Å². The van der Waals surface area contributed by atoms with Crippen molar-refractivity contribution in [3.63, 3.8) is 0 Å². The van der Waals surface area contributed by atoms with E-state index in [9.17, 15) is 13.2 Å². The van der Waals surface area contributed by atoms with E-state index in [1.54, 1.807) is 23.6 Å². The van der Waals surface area contributed by atoms with Gasteiger partial charge >= 0.3 is 6.18 Å². The number of fused-ring (bicyclic) bond motifs is 1. The molecule has 1 aliphatic heterocycles. The Bertz CT molecular complexity index is 1420. The van der Waals surface area contributed by atoms with Crippen LogP contribution in [0.3, 0.4) is 0 Å².